The first-order valence-corrected chi connectivity index (χ1v) is 8.81. The van der Waals surface area contributed by atoms with Crippen LogP contribution < -0.4 is 15.4 Å². The summed E-state index contributed by atoms with van der Waals surface area (Å²) < 4.78 is 5.04. The van der Waals surface area contributed by atoms with Gasteiger partial charge in [-0.3, -0.25) is 25.0 Å². The normalized spacial score (nSPS) is 10.2. The third-order valence-electron chi connectivity index (χ3n) is 3.62. The van der Waals surface area contributed by atoms with E-state index < -0.39 is 10.8 Å². The molecule has 2 aromatic carbocycles. The Kier molecular flexibility index (Phi) is 5.61. The summed E-state index contributed by atoms with van der Waals surface area (Å²) in [5.41, 5.74) is 0.639. The van der Waals surface area contributed by atoms with Crippen LogP contribution in [-0.2, 0) is 0 Å². The van der Waals surface area contributed by atoms with Gasteiger partial charge in [0.05, 0.1) is 12.0 Å². The number of non-ortho nitro benzene ring substituents is 1. The Morgan fingerprint density at radius 2 is 1.86 bits per heavy atom. The molecule has 0 saturated heterocycles. The van der Waals surface area contributed by atoms with Crippen LogP contribution in [-0.4, -0.2) is 28.8 Å². The van der Waals surface area contributed by atoms with Crippen molar-refractivity contribution in [2.24, 2.45) is 0 Å². The van der Waals surface area contributed by atoms with Crippen LogP contribution in [0.5, 0.6) is 5.75 Å². The van der Waals surface area contributed by atoms with Gasteiger partial charge in [-0.1, -0.05) is 6.07 Å². The van der Waals surface area contributed by atoms with Gasteiger partial charge in [0.2, 0.25) is 0 Å². The minimum Gasteiger partial charge on any atom is -0.497 e. The molecule has 9 nitrogen and oxygen atoms in total. The average molecular weight is 398 g/mol. The molecule has 10 heteroatoms. The van der Waals surface area contributed by atoms with E-state index in [2.05, 4.69) is 15.6 Å². The lowest BCUT2D eigenvalue weighted by atomic mass is 10.2. The Balaban J connectivity index is 1.65. The third-order valence-corrected chi connectivity index (χ3v) is 4.38. The fraction of sp³-hybridized carbons (Fsp3) is 0.0556. The first kappa shape index (κ1) is 19.0. The number of nitrogens with one attached hydrogen (secondary N) is 2. The Hall–Kier alpha value is -3.79. The SMILES string of the molecule is COc1ccc(C(=O)Nc2nc(C(=O)Nc3cccc([N+](=O)[O-])c3)cs2)cc1. The standard InChI is InChI=1S/C18H14N4O5S/c1-27-14-7-5-11(6-8-14)16(23)21-18-20-15(10-28-18)17(24)19-12-3-2-4-13(9-12)22(25)26/h2-10H,1H3,(H,19,24)(H,20,21,23). The molecule has 1 aromatic heterocycles. The van der Waals surface area contributed by atoms with E-state index in [0.717, 1.165) is 11.3 Å². The molecular weight excluding hydrogens is 384 g/mol. The minimum atomic E-state index is -0.550. The lowest BCUT2D eigenvalue weighted by Crippen LogP contribution is -2.14. The smallest absolute Gasteiger partial charge is 0.275 e. The number of thiazole rings is 1. The predicted molar refractivity (Wildman–Crippen MR) is 104 cm³/mol. The van der Waals surface area contributed by atoms with Gasteiger partial charge in [0.1, 0.15) is 11.4 Å². The summed E-state index contributed by atoms with van der Waals surface area (Å²) in [5.74, 6) is -0.282. The summed E-state index contributed by atoms with van der Waals surface area (Å²) in [4.78, 5) is 38.8. The van der Waals surface area contributed by atoms with Crippen LogP contribution in [0.3, 0.4) is 0 Å². The second-order valence-corrected chi connectivity index (χ2v) is 6.34. The molecule has 0 radical (unpaired) electrons. The number of nitrogens with zero attached hydrogens (tertiary/aromatic N) is 2. The minimum absolute atomic E-state index is 0.0848. The van der Waals surface area contributed by atoms with Crippen molar-refractivity contribution in [1.82, 2.24) is 4.98 Å². The number of hydrogen-bond acceptors (Lipinski definition) is 7. The molecule has 0 saturated carbocycles. The molecule has 3 rings (SSSR count). The zero-order valence-corrected chi connectivity index (χ0v) is 15.4. The number of hydrogen-bond donors (Lipinski definition) is 2. The van der Waals surface area contributed by atoms with Gasteiger partial charge in [0, 0.05) is 28.8 Å². The highest BCUT2D eigenvalue weighted by molar-refractivity contribution is 7.14. The molecule has 0 bridgehead atoms. The number of carbonyl (C=O) groups excluding carboxylic acids is 2. The van der Waals surface area contributed by atoms with Crippen LogP contribution in [0.25, 0.3) is 0 Å². The highest BCUT2D eigenvalue weighted by atomic mass is 32.1. The lowest BCUT2D eigenvalue weighted by Gasteiger charge is -2.04. The van der Waals surface area contributed by atoms with E-state index in [0.29, 0.717) is 11.3 Å². The van der Waals surface area contributed by atoms with E-state index >= 15 is 0 Å². The molecule has 0 spiro atoms. The Labute approximate surface area is 163 Å². The number of ether oxygens (including phenoxy) is 1. The van der Waals surface area contributed by atoms with Crippen LogP contribution in [0.4, 0.5) is 16.5 Å². The number of nitro groups is 1. The third kappa shape index (κ3) is 4.48. The number of aromatic nitrogens is 1. The maximum atomic E-state index is 12.3. The van der Waals surface area contributed by atoms with Crippen molar-refractivity contribution in [3.63, 3.8) is 0 Å². The van der Waals surface area contributed by atoms with Gasteiger partial charge in [0.25, 0.3) is 17.5 Å². The number of carbonyl (C=O) groups is 2. The number of benzene rings is 2. The topological polar surface area (TPSA) is 123 Å². The van der Waals surface area contributed by atoms with Gasteiger partial charge in [-0.05, 0) is 30.3 Å². The monoisotopic (exact) mass is 398 g/mol. The van der Waals surface area contributed by atoms with Gasteiger partial charge in [-0.2, -0.15) is 0 Å². The quantitative estimate of drug-likeness (QED) is 0.483. The van der Waals surface area contributed by atoms with Crippen molar-refractivity contribution in [3.8, 4) is 5.75 Å². The molecular formula is C18H14N4O5S. The summed E-state index contributed by atoms with van der Waals surface area (Å²) >= 11 is 1.09. The van der Waals surface area contributed by atoms with Gasteiger partial charge in [-0.25, -0.2) is 4.98 Å². The zero-order chi connectivity index (χ0) is 20.1. The van der Waals surface area contributed by atoms with Crippen molar-refractivity contribution < 1.29 is 19.2 Å². The van der Waals surface area contributed by atoms with E-state index in [9.17, 15) is 19.7 Å². The van der Waals surface area contributed by atoms with E-state index in [1.165, 1.54) is 36.8 Å². The molecule has 0 aliphatic heterocycles. The second kappa shape index (κ2) is 8.27. The lowest BCUT2D eigenvalue weighted by molar-refractivity contribution is -0.384. The summed E-state index contributed by atoms with van der Waals surface area (Å²) in [7, 11) is 1.53. The first-order chi connectivity index (χ1) is 13.5. The fourth-order valence-corrected chi connectivity index (χ4v) is 2.93. The number of rotatable bonds is 6. The molecule has 2 amide bonds. The zero-order valence-electron chi connectivity index (χ0n) is 14.5. The van der Waals surface area contributed by atoms with Crippen molar-refractivity contribution in [1.29, 1.82) is 0 Å². The van der Waals surface area contributed by atoms with Crippen molar-refractivity contribution >= 4 is 39.7 Å². The van der Waals surface area contributed by atoms with Crippen molar-refractivity contribution in [2.45, 2.75) is 0 Å². The van der Waals surface area contributed by atoms with Crippen molar-refractivity contribution in [3.05, 3.63) is 75.3 Å². The molecule has 0 aliphatic carbocycles. The number of methoxy groups -OCH3 is 1. The fourth-order valence-electron chi connectivity index (χ4n) is 2.24. The molecule has 0 fully saturated rings. The maximum Gasteiger partial charge on any atom is 0.275 e. The average Bonchev–Trinajstić information content (AvgIpc) is 3.17. The molecule has 1 heterocycles. The van der Waals surface area contributed by atoms with Gasteiger partial charge in [-0.15, -0.1) is 11.3 Å². The Bertz CT molecular complexity index is 1030. The molecule has 28 heavy (non-hydrogen) atoms. The van der Waals surface area contributed by atoms with E-state index in [1.54, 1.807) is 24.3 Å². The molecule has 2 N–H and O–H groups in total. The number of anilines is 2. The predicted octanol–water partition coefficient (Wildman–Crippen LogP) is 3.56. The molecule has 0 unspecified atom stereocenters. The second-order valence-electron chi connectivity index (χ2n) is 5.48. The van der Waals surface area contributed by atoms with Gasteiger partial charge < -0.3 is 10.1 Å². The molecule has 142 valence electrons. The van der Waals surface area contributed by atoms with E-state index in [4.69, 9.17) is 4.74 Å². The maximum absolute atomic E-state index is 12.3. The number of nitro benzene ring substituents is 1. The van der Waals surface area contributed by atoms with Crippen LogP contribution in [0.2, 0.25) is 0 Å². The Morgan fingerprint density at radius 3 is 2.54 bits per heavy atom. The molecule has 0 aliphatic rings. The van der Waals surface area contributed by atoms with E-state index in [-0.39, 0.29) is 28.1 Å². The van der Waals surface area contributed by atoms with Crippen LogP contribution in [0.15, 0.2) is 53.9 Å². The van der Waals surface area contributed by atoms with Crippen LogP contribution >= 0.6 is 11.3 Å². The highest BCUT2D eigenvalue weighted by Gasteiger charge is 2.15. The van der Waals surface area contributed by atoms with Crippen molar-refractivity contribution in [2.75, 3.05) is 17.7 Å². The molecule has 3 aromatic rings. The summed E-state index contributed by atoms with van der Waals surface area (Å²) in [5, 5.41) is 17.7. The highest BCUT2D eigenvalue weighted by Crippen LogP contribution is 2.21. The van der Waals surface area contributed by atoms with Crippen LogP contribution in [0.1, 0.15) is 20.8 Å². The largest absolute Gasteiger partial charge is 0.497 e. The summed E-state index contributed by atoms with van der Waals surface area (Å²) in [6.07, 6.45) is 0. The van der Waals surface area contributed by atoms with Crippen LogP contribution in [0, 0.1) is 10.1 Å². The van der Waals surface area contributed by atoms with Gasteiger partial charge >= 0.3 is 0 Å². The molecule has 0 atom stereocenters. The number of amides is 2. The van der Waals surface area contributed by atoms with E-state index in [1.807, 2.05) is 0 Å². The summed E-state index contributed by atoms with van der Waals surface area (Å²) in [6.45, 7) is 0. The first-order valence-electron chi connectivity index (χ1n) is 7.93. The van der Waals surface area contributed by atoms with Gasteiger partial charge in [0.15, 0.2) is 5.13 Å². The summed E-state index contributed by atoms with van der Waals surface area (Å²) in [6, 6.07) is 12.1. The Morgan fingerprint density at radius 1 is 1.11 bits per heavy atom.